The highest BCUT2D eigenvalue weighted by molar-refractivity contribution is 6.30. The molecular weight excluding hydrogens is 206 g/mol. The third kappa shape index (κ3) is 2.53. The molecule has 2 heteroatoms. The molecule has 1 aromatic carbocycles. The lowest BCUT2D eigenvalue weighted by Gasteiger charge is -2.28. The van der Waals surface area contributed by atoms with Crippen LogP contribution in [-0.4, -0.2) is 0 Å². The summed E-state index contributed by atoms with van der Waals surface area (Å²) in [7, 11) is 0. The maximum Gasteiger partial charge on any atom is 0.0409 e. The topological polar surface area (TPSA) is 26.0 Å². The molecule has 0 saturated heterocycles. The molecule has 0 radical (unpaired) electrons. The van der Waals surface area contributed by atoms with E-state index in [1.54, 1.807) is 0 Å². The maximum absolute atomic E-state index is 6.49. The Morgan fingerprint density at radius 1 is 0.933 bits per heavy atom. The van der Waals surface area contributed by atoms with Gasteiger partial charge >= 0.3 is 0 Å². The van der Waals surface area contributed by atoms with Crippen molar-refractivity contribution in [2.75, 3.05) is 0 Å². The number of benzene rings is 1. The van der Waals surface area contributed by atoms with Gasteiger partial charge in [-0.15, -0.1) is 0 Å². The fraction of sp³-hybridized carbons (Fsp3) is 0.538. The van der Waals surface area contributed by atoms with Gasteiger partial charge in [0.15, 0.2) is 0 Å². The Hall–Kier alpha value is -0.530. The summed E-state index contributed by atoms with van der Waals surface area (Å²) in [5, 5.41) is 0.788. The Balaban J connectivity index is 2.22. The molecule has 0 amide bonds. The maximum atomic E-state index is 6.49. The first-order chi connectivity index (χ1) is 7.21. The molecule has 1 fully saturated rings. The number of hydrogen-bond donors (Lipinski definition) is 1. The second kappa shape index (κ2) is 4.54. The zero-order valence-electron chi connectivity index (χ0n) is 9.01. The van der Waals surface area contributed by atoms with E-state index in [4.69, 9.17) is 17.3 Å². The van der Waals surface area contributed by atoms with Crippen molar-refractivity contribution in [2.45, 2.75) is 44.1 Å². The van der Waals surface area contributed by atoms with Crippen molar-refractivity contribution >= 4 is 11.6 Å². The molecule has 0 atom stereocenters. The predicted molar refractivity (Wildman–Crippen MR) is 65.0 cm³/mol. The summed E-state index contributed by atoms with van der Waals surface area (Å²) in [5.74, 6) is 0. The standard InChI is InChI=1S/C13H18ClN/c14-12-7-5-11(6-8-12)13(15)9-3-1-2-4-10-13/h5-8H,1-4,9-10,15H2. The summed E-state index contributed by atoms with van der Waals surface area (Å²) in [6.07, 6.45) is 7.36. The molecule has 82 valence electrons. The summed E-state index contributed by atoms with van der Waals surface area (Å²) in [5.41, 5.74) is 7.62. The predicted octanol–water partition coefficient (Wildman–Crippen LogP) is 3.85. The van der Waals surface area contributed by atoms with E-state index >= 15 is 0 Å². The van der Waals surface area contributed by atoms with Crippen molar-refractivity contribution in [3.8, 4) is 0 Å². The summed E-state index contributed by atoms with van der Waals surface area (Å²) in [6, 6.07) is 8.04. The molecule has 1 aliphatic rings. The van der Waals surface area contributed by atoms with Crippen molar-refractivity contribution in [2.24, 2.45) is 5.73 Å². The third-order valence-electron chi connectivity index (χ3n) is 3.41. The zero-order chi connectivity index (χ0) is 10.7. The lowest BCUT2D eigenvalue weighted by atomic mass is 9.84. The van der Waals surface area contributed by atoms with Crippen LogP contribution in [0, 0.1) is 0 Å². The molecule has 0 heterocycles. The molecule has 1 aromatic rings. The Kier molecular flexibility index (Phi) is 3.32. The van der Waals surface area contributed by atoms with Crippen molar-refractivity contribution in [3.05, 3.63) is 34.9 Å². The van der Waals surface area contributed by atoms with Gasteiger partial charge in [0.05, 0.1) is 0 Å². The fourth-order valence-corrected chi connectivity index (χ4v) is 2.56. The second-order valence-electron chi connectivity index (χ2n) is 4.58. The van der Waals surface area contributed by atoms with E-state index in [-0.39, 0.29) is 5.54 Å². The van der Waals surface area contributed by atoms with Crippen LogP contribution in [0.2, 0.25) is 5.02 Å². The van der Waals surface area contributed by atoms with Crippen LogP contribution in [0.3, 0.4) is 0 Å². The van der Waals surface area contributed by atoms with Crippen LogP contribution in [0.15, 0.2) is 24.3 Å². The first-order valence-corrected chi connectivity index (χ1v) is 6.13. The van der Waals surface area contributed by atoms with Gasteiger partial charge in [-0.1, -0.05) is 49.4 Å². The monoisotopic (exact) mass is 223 g/mol. The molecule has 15 heavy (non-hydrogen) atoms. The van der Waals surface area contributed by atoms with Gasteiger partial charge in [-0.2, -0.15) is 0 Å². The minimum Gasteiger partial charge on any atom is -0.321 e. The molecule has 1 aliphatic carbocycles. The van der Waals surface area contributed by atoms with E-state index in [2.05, 4.69) is 12.1 Å². The molecule has 1 saturated carbocycles. The van der Waals surface area contributed by atoms with Crippen LogP contribution < -0.4 is 5.73 Å². The van der Waals surface area contributed by atoms with Crippen molar-refractivity contribution < 1.29 is 0 Å². The van der Waals surface area contributed by atoms with E-state index in [1.807, 2.05) is 12.1 Å². The normalized spacial score (nSPS) is 20.9. The smallest absolute Gasteiger partial charge is 0.0409 e. The van der Waals surface area contributed by atoms with Gasteiger partial charge in [0.25, 0.3) is 0 Å². The minimum atomic E-state index is -0.110. The summed E-state index contributed by atoms with van der Waals surface area (Å²) < 4.78 is 0. The number of rotatable bonds is 1. The van der Waals surface area contributed by atoms with Crippen molar-refractivity contribution in [1.29, 1.82) is 0 Å². The summed E-state index contributed by atoms with van der Waals surface area (Å²) in [4.78, 5) is 0. The molecule has 0 aromatic heterocycles. The van der Waals surface area contributed by atoms with Gasteiger partial charge < -0.3 is 5.73 Å². The summed E-state index contributed by atoms with van der Waals surface area (Å²) in [6.45, 7) is 0. The fourth-order valence-electron chi connectivity index (χ4n) is 2.43. The van der Waals surface area contributed by atoms with Crippen LogP contribution in [0.1, 0.15) is 44.1 Å². The van der Waals surface area contributed by atoms with E-state index in [1.165, 1.54) is 31.2 Å². The Labute approximate surface area is 96.6 Å². The van der Waals surface area contributed by atoms with Crippen LogP contribution in [0.4, 0.5) is 0 Å². The Morgan fingerprint density at radius 3 is 2.00 bits per heavy atom. The minimum absolute atomic E-state index is 0.110. The highest BCUT2D eigenvalue weighted by atomic mass is 35.5. The largest absolute Gasteiger partial charge is 0.321 e. The molecule has 0 aliphatic heterocycles. The van der Waals surface area contributed by atoms with Crippen LogP contribution in [-0.2, 0) is 5.54 Å². The Bertz CT molecular complexity index is 310. The van der Waals surface area contributed by atoms with E-state index in [0.29, 0.717) is 0 Å². The molecular formula is C13H18ClN. The van der Waals surface area contributed by atoms with Crippen molar-refractivity contribution in [3.63, 3.8) is 0 Å². The molecule has 2 rings (SSSR count). The first-order valence-electron chi connectivity index (χ1n) is 5.76. The van der Waals surface area contributed by atoms with Gasteiger partial charge in [-0.05, 0) is 30.5 Å². The van der Waals surface area contributed by atoms with Crippen molar-refractivity contribution in [1.82, 2.24) is 0 Å². The zero-order valence-corrected chi connectivity index (χ0v) is 9.76. The van der Waals surface area contributed by atoms with Crippen LogP contribution in [0.5, 0.6) is 0 Å². The third-order valence-corrected chi connectivity index (χ3v) is 3.67. The summed E-state index contributed by atoms with van der Waals surface area (Å²) >= 11 is 5.89. The molecule has 1 nitrogen and oxygen atoms in total. The van der Waals surface area contributed by atoms with Gasteiger partial charge in [-0.25, -0.2) is 0 Å². The molecule has 2 N–H and O–H groups in total. The number of halogens is 1. The highest BCUT2D eigenvalue weighted by Crippen LogP contribution is 2.33. The number of nitrogens with two attached hydrogens (primary N) is 1. The lowest BCUT2D eigenvalue weighted by molar-refractivity contribution is 0.385. The Morgan fingerprint density at radius 2 is 1.47 bits per heavy atom. The van der Waals surface area contributed by atoms with Crippen LogP contribution >= 0.6 is 11.6 Å². The van der Waals surface area contributed by atoms with E-state index < -0.39 is 0 Å². The molecule has 0 unspecified atom stereocenters. The average Bonchev–Trinajstić information content (AvgIpc) is 2.45. The second-order valence-corrected chi connectivity index (χ2v) is 5.01. The van der Waals surface area contributed by atoms with Gasteiger partial charge in [0, 0.05) is 10.6 Å². The van der Waals surface area contributed by atoms with E-state index in [0.717, 1.165) is 17.9 Å². The quantitative estimate of drug-likeness (QED) is 0.720. The van der Waals surface area contributed by atoms with Crippen LogP contribution in [0.25, 0.3) is 0 Å². The first kappa shape index (κ1) is 11.0. The lowest BCUT2D eigenvalue weighted by Crippen LogP contribution is -2.35. The van der Waals surface area contributed by atoms with Gasteiger partial charge in [0.1, 0.15) is 0 Å². The highest BCUT2D eigenvalue weighted by Gasteiger charge is 2.27. The van der Waals surface area contributed by atoms with E-state index in [9.17, 15) is 0 Å². The van der Waals surface area contributed by atoms with Gasteiger partial charge in [0.2, 0.25) is 0 Å². The molecule has 0 spiro atoms. The average molecular weight is 224 g/mol. The van der Waals surface area contributed by atoms with Gasteiger partial charge in [-0.3, -0.25) is 0 Å². The SMILES string of the molecule is NC1(c2ccc(Cl)cc2)CCCCCC1. The number of hydrogen-bond acceptors (Lipinski definition) is 1. The molecule has 0 bridgehead atoms.